The molecule has 0 aliphatic heterocycles. The Hall–Kier alpha value is -0.910. The molecule has 0 unspecified atom stereocenters. The highest BCUT2D eigenvalue weighted by atomic mass is 32.2. The van der Waals surface area contributed by atoms with Crippen molar-refractivity contribution in [2.75, 3.05) is 13.1 Å². The summed E-state index contributed by atoms with van der Waals surface area (Å²) in [5, 5.41) is 3.22. The molecule has 0 atom stereocenters. The van der Waals surface area contributed by atoms with Gasteiger partial charge in [-0.15, -0.1) is 0 Å². The van der Waals surface area contributed by atoms with Gasteiger partial charge >= 0.3 is 0 Å². The van der Waals surface area contributed by atoms with Crippen LogP contribution in [0.15, 0.2) is 29.2 Å². The minimum Gasteiger partial charge on any atom is -0.313 e. The van der Waals surface area contributed by atoms with Gasteiger partial charge in [0.2, 0.25) is 10.0 Å². The summed E-state index contributed by atoms with van der Waals surface area (Å²) in [6, 6.07) is 7.51. The van der Waals surface area contributed by atoms with E-state index in [-0.39, 0.29) is 6.04 Å². The Morgan fingerprint density at radius 1 is 1.30 bits per heavy atom. The Labute approximate surface area is 122 Å². The third-order valence-electron chi connectivity index (χ3n) is 3.48. The molecule has 1 aliphatic rings. The quantitative estimate of drug-likeness (QED) is 0.801. The molecule has 0 saturated heterocycles. The van der Waals surface area contributed by atoms with Crippen molar-refractivity contribution >= 4 is 10.0 Å². The van der Waals surface area contributed by atoms with Crippen LogP contribution in [-0.2, 0) is 16.6 Å². The van der Waals surface area contributed by atoms with E-state index in [9.17, 15) is 8.42 Å². The first-order valence-corrected chi connectivity index (χ1v) is 8.85. The number of nitrogens with zero attached hydrogens (tertiary/aromatic N) is 1. The summed E-state index contributed by atoms with van der Waals surface area (Å²) in [6.45, 7) is 6.26. The van der Waals surface area contributed by atoms with Crippen LogP contribution in [0.3, 0.4) is 0 Å². The molecule has 0 aromatic heterocycles. The van der Waals surface area contributed by atoms with Crippen molar-refractivity contribution in [2.45, 2.75) is 50.6 Å². The second kappa shape index (κ2) is 6.70. The van der Waals surface area contributed by atoms with Crippen LogP contribution in [0.4, 0.5) is 0 Å². The van der Waals surface area contributed by atoms with Gasteiger partial charge in [-0.05, 0) is 43.5 Å². The van der Waals surface area contributed by atoms with Gasteiger partial charge in [0.05, 0.1) is 4.90 Å². The van der Waals surface area contributed by atoms with Crippen molar-refractivity contribution in [2.24, 2.45) is 0 Å². The highest BCUT2D eigenvalue weighted by molar-refractivity contribution is 7.89. The van der Waals surface area contributed by atoms with E-state index in [1.807, 2.05) is 26.0 Å². The van der Waals surface area contributed by atoms with Gasteiger partial charge in [0.25, 0.3) is 0 Å². The lowest BCUT2D eigenvalue weighted by molar-refractivity contribution is 0.403. The van der Waals surface area contributed by atoms with Crippen molar-refractivity contribution in [3.63, 3.8) is 0 Å². The maximum absolute atomic E-state index is 12.7. The summed E-state index contributed by atoms with van der Waals surface area (Å²) < 4.78 is 27.2. The molecule has 112 valence electrons. The number of sulfonamides is 1. The zero-order valence-corrected chi connectivity index (χ0v) is 13.1. The van der Waals surface area contributed by atoms with Crippen molar-refractivity contribution in [3.8, 4) is 0 Å². The van der Waals surface area contributed by atoms with Crippen molar-refractivity contribution in [1.82, 2.24) is 9.62 Å². The van der Waals surface area contributed by atoms with Crippen LogP contribution < -0.4 is 5.32 Å². The van der Waals surface area contributed by atoms with Crippen LogP contribution in [0.2, 0.25) is 0 Å². The zero-order chi connectivity index (χ0) is 14.6. The smallest absolute Gasteiger partial charge is 0.243 e. The zero-order valence-electron chi connectivity index (χ0n) is 12.3. The van der Waals surface area contributed by atoms with Gasteiger partial charge < -0.3 is 5.32 Å². The van der Waals surface area contributed by atoms with Gasteiger partial charge in [0.1, 0.15) is 0 Å². The van der Waals surface area contributed by atoms with E-state index in [2.05, 4.69) is 5.32 Å². The summed E-state index contributed by atoms with van der Waals surface area (Å²) in [5.41, 5.74) is 1.01. The highest BCUT2D eigenvalue weighted by Gasteiger charge is 2.37. The Balaban J connectivity index is 2.23. The molecule has 1 saturated carbocycles. The fourth-order valence-electron chi connectivity index (χ4n) is 2.30. The largest absolute Gasteiger partial charge is 0.313 e. The topological polar surface area (TPSA) is 49.4 Å². The van der Waals surface area contributed by atoms with Crippen molar-refractivity contribution in [1.29, 1.82) is 0 Å². The lowest BCUT2D eigenvalue weighted by Crippen LogP contribution is -2.33. The second-order valence-electron chi connectivity index (χ2n) is 5.27. The lowest BCUT2D eigenvalue weighted by atomic mass is 10.2. The van der Waals surface area contributed by atoms with Gasteiger partial charge in [0, 0.05) is 19.1 Å². The third kappa shape index (κ3) is 3.59. The summed E-state index contributed by atoms with van der Waals surface area (Å²) in [6.07, 6.45) is 2.85. The molecule has 5 heteroatoms. The first-order chi connectivity index (χ1) is 9.59. The van der Waals surface area contributed by atoms with Crippen LogP contribution >= 0.6 is 0 Å². The van der Waals surface area contributed by atoms with E-state index in [0.717, 1.165) is 31.4 Å². The van der Waals surface area contributed by atoms with Gasteiger partial charge in [-0.25, -0.2) is 8.42 Å². The van der Waals surface area contributed by atoms with Crippen LogP contribution in [0.1, 0.15) is 38.7 Å². The first kappa shape index (κ1) is 15.5. The van der Waals surface area contributed by atoms with E-state index < -0.39 is 10.0 Å². The molecule has 1 N–H and O–H groups in total. The monoisotopic (exact) mass is 296 g/mol. The van der Waals surface area contributed by atoms with Gasteiger partial charge in [0.15, 0.2) is 0 Å². The molecule has 1 aromatic carbocycles. The second-order valence-corrected chi connectivity index (χ2v) is 7.17. The Morgan fingerprint density at radius 2 is 2.05 bits per heavy atom. The Bertz CT molecular complexity index is 539. The maximum atomic E-state index is 12.7. The van der Waals surface area contributed by atoms with Crippen LogP contribution in [-0.4, -0.2) is 31.9 Å². The molecule has 4 nitrogen and oxygen atoms in total. The van der Waals surface area contributed by atoms with Crippen molar-refractivity contribution in [3.05, 3.63) is 29.8 Å². The molecule has 0 bridgehead atoms. The number of hydrogen-bond donors (Lipinski definition) is 1. The summed E-state index contributed by atoms with van der Waals surface area (Å²) >= 11 is 0. The molecule has 0 heterocycles. The fraction of sp³-hybridized carbons (Fsp3) is 0.600. The van der Waals surface area contributed by atoms with E-state index >= 15 is 0 Å². The van der Waals surface area contributed by atoms with E-state index in [0.29, 0.717) is 18.0 Å². The molecule has 0 amide bonds. The Kier molecular flexibility index (Phi) is 5.18. The molecule has 1 aromatic rings. The summed E-state index contributed by atoms with van der Waals surface area (Å²) in [7, 11) is -3.34. The summed E-state index contributed by atoms with van der Waals surface area (Å²) in [4.78, 5) is 0.424. The molecular formula is C15H24N2O2S. The van der Waals surface area contributed by atoms with E-state index in [1.54, 1.807) is 16.4 Å². The third-order valence-corrected chi connectivity index (χ3v) is 5.43. The predicted octanol–water partition coefficient (Wildman–Crippen LogP) is 2.36. The van der Waals surface area contributed by atoms with Crippen LogP contribution in [0, 0.1) is 0 Å². The predicted molar refractivity (Wildman–Crippen MR) is 81.0 cm³/mol. The fourth-order valence-corrected chi connectivity index (χ4v) is 4.15. The normalized spacial score (nSPS) is 15.8. The molecule has 0 radical (unpaired) electrons. The SMILES string of the molecule is CCCN(C1CC1)S(=O)(=O)c1cccc(CNCC)c1. The molecule has 20 heavy (non-hydrogen) atoms. The molecule has 1 fully saturated rings. The average molecular weight is 296 g/mol. The molecule has 1 aliphatic carbocycles. The minimum atomic E-state index is -3.34. The van der Waals surface area contributed by atoms with E-state index in [1.165, 1.54) is 0 Å². The van der Waals surface area contributed by atoms with Crippen LogP contribution in [0.5, 0.6) is 0 Å². The molecule has 0 spiro atoms. The standard InChI is InChI=1S/C15H24N2O2S/c1-3-10-17(14-8-9-14)20(18,19)15-7-5-6-13(11-15)12-16-4-2/h5-7,11,14,16H,3-4,8-10,12H2,1-2H3. The maximum Gasteiger partial charge on any atom is 0.243 e. The van der Waals surface area contributed by atoms with Crippen LogP contribution in [0.25, 0.3) is 0 Å². The highest BCUT2D eigenvalue weighted by Crippen LogP contribution is 2.32. The van der Waals surface area contributed by atoms with Crippen molar-refractivity contribution < 1.29 is 8.42 Å². The average Bonchev–Trinajstić information content (AvgIpc) is 3.27. The summed E-state index contributed by atoms with van der Waals surface area (Å²) in [5.74, 6) is 0. The first-order valence-electron chi connectivity index (χ1n) is 7.41. The van der Waals surface area contributed by atoms with Gasteiger partial charge in [-0.1, -0.05) is 26.0 Å². The minimum absolute atomic E-state index is 0.220. The number of hydrogen-bond acceptors (Lipinski definition) is 3. The van der Waals surface area contributed by atoms with E-state index in [4.69, 9.17) is 0 Å². The lowest BCUT2D eigenvalue weighted by Gasteiger charge is -2.21. The number of rotatable bonds is 8. The number of nitrogens with one attached hydrogen (secondary N) is 1. The molecule has 2 rings (SSSR count). The molecular weight excluding hydrogens is 272 g/mol. The van der Waals surface area contributed by atoms with Gasteiger partial charge in [-0.2, -0.15) is 4.31 Å². The Morgan fingerprint density at radius 3 is 2.65 bits per heavy atom. The van der Waals surface area contributed by atoms with Gasteiger partial charge in [-0.3, -0.25) is 0 Å². The number of benzene rings is 1.